The summed E-state index contributed by atoms with van der Waals surface area (Å²) in [7, 11) is 0. The van der Waals surface area contributed by atoms with Crippen molar-refractivity contribution in [3.05, 3.63) is 0 Å². The number of carbonyl (C=O) groups is 2. The summed E-state index contributed by atoms with van der Waals surface area (Å²) in [6.07, 6.45) is 71.5. The fourth-order valence-corrected chi connectivity index (χ4v) is 13.8. The van der Waals surface area contributed by atoms with E-state index < -0.39 is 22.1 Å². The van der Waals surface area contributed by atoms with Crippen molar-refractivity contribution >= 4 is 23.7 Å². The topological polar surface area (TPSA) is 74.6 Å². The monoisotopic (exact) mass is 1020 g/mol. The van der Waals surface area contributed by atoms with Crippen LogP contribution in [0.2, 0.25) is 0 Å². The fourth-order valence-electron chi connectivity index (χ4n) is 12.0. The zero-order chi connectivity index (χ0) is 51.9. The van der Waals surface area contributed by atoms with Crippen LogP contribution in [0.25, 0.3) is 0 Å². The van der Waals surface area contributed by atoms with Crippen LogP contribution < -0.4 is 0 Å². The second-order valence-corrected chi connectivity index (χ2v) is 24.8. The van der Waals surface area contributed by atoms with E-state index in [1.54, 1.807) is 0 Å². The number of carboxylic acids is 2. The first kappa shape index (κ1) is 70.3. The van der Waals surface area contributed by atoms with Gasteiger partial charge in [-0.05, 0) is 25.7 Å². The van der Waals surface area contributed by atoms with Crippen LogP contribution in [-0.4, -0.2) is 32.7 Å². The molecule has 0 spiro atoms. The zero-order valence-electron chi connectivity index (χ0n) is 49.1. The highest BCUT2D eigenvalue weighted by Crippen LogP contribution is 2.56. The van der Waals surface area contributed by atoms with E-state index in [-0.39, 0.29) is 6.42 Å². The van der Waals surface area contributed by atoms with Gasteiger partial charge >= 0.3 is 11.9 Å². The minimum Gasteiger partial charge on any atom is -0.481 e. The van der Waals surface area contributed by atoms with E-state index in [0.29, 0.717) is 5.75 Å². The van der Waals surface area contributed by atoms with Crippen molar-refractivity contribution in [1.29, 1.82) is 0 Å². The molecule has 0 radical (unpaired) electrons. The van der Waals surface area contributed by atoms with E-state index in [0.717, 1.165) is 64.2 Å². The van der Waals surface area contributed by atoms with Crippen LogP contribution in [-0.2, 0) is 9.59 Å². The Morgan fingerprint density at radius 1 is 0.282 bits per heavy atom. The summed E-state index contributed by atoms with van der Waals surface area (Å²) >= 11 is 1.81. The minimum absolute atomic E-state index is 0.122. The number of unbranched alkanes of at least 4 members (excludes halogenated alkanes) is 48. The lowest BCUT2D eigenvalue weighted by Crippen LogP contribution is -2.52. The molecule has 0 rings (SSSR count). The third-order valence-corrected chi connectivity index (χ3v) is 18.5. The quantitative estimate of drug-likeness (QED) is 0.0594. The standard InChI is InChI=1S/C66H130O4S/c1-5-9-13-17-21-25-29-31-33-35-37-39-43-47-51-55-60-66(71-62-57-63(67)68,61-56-52-48-44-40-38-36-34-32-30-26-22-18-14-10-6-2)65(64(69)70,58-53-49-45-41-27-23-19-15-11-7-3)59-54-50-46-42-28-24-20-16-12-8-4/h5-62H2,1-4H3,(H,67,68)(H,69,70). The molecule has 0 saturated heterocycles. The molecule has 4 nitrogen and oxygen atoms in total. The Morgan fingerprint density at radius 3 is 0.648 bits per heavy atom. The molecule has 0 heterocycles. The van der Waals surface area contributed by atoms with Crippen LogP contribution in [0.1, 0.15) is 394 Å². The summed E-state index contributed by atoms with van der Waals surface area (Å²) in [6.45, 7) is 9.17. The van der Waals surface area contributed by atoms with E-state index in [2.05, 4.69) is 27.7 Å². The van der Waals surface area contributed by atoms with Crippen LogP contribution in [0.4, 0.5) is 0 Å². The van der Waals surface area contributed by atoms with Gasteiger partial charge in [0, 0.05) is 10.5 Å². The summed E-state index contributed by atoms with van der Waals surface area (Å²) in [5.41, 5.74) is -0.804. The van der Waals surface area contributed by atoms with Gasteiger partial charge in [0.2, 0.25) is 0 Å². The third-order valence-electron chi connectivity index (χ3n) is 16.8. The number of aliphatic carboxylic acids is 2. The number of carboxylic acid groups (broad SMARTS) is 2. The predicted octanol–water partition coefficient (Wildman–Crippen LogP) is 23.9. The lowest BCUT2D eigenvalue weighted by Gasteiger charge is -2.49. The van der Waals surface area contributed by atoms with Gasteiger partial charge in [0.05, 0.1) is 11.8 Å². The molecule has 0 aromatic rings. The van der Waals surface area contributed by atoms with Gasteiger partial charge in [-0.15, -0.1) is 0 Å². The average Bonchev–Trinajstić information content (AvgIpc) is 3.36. The smallest absolute Gasteiger partial charge is 0.311 e. The first-order chi connectivity index (χ1) is 34.9. The summed E-state index contributed by atoms with van der Waals surface area (Å²) in [5, 5.41) is 21.7. The van der Waals surface area contributed by atoms with Gasteiger partial charge in [-0.25, -0.2) is 0 Å². The molecule has 0 aromatic heterocycles. The Balaban J connectivity index is 5.88. The molecule has 71 heavy (non-hydrogen) atoms. The Kier molecular flexibility index (Phi) is 55.0. The highest BCUT2D eigenvalue weighted by Gasteiger charge is 2.55. The molecule has 5 heteroatoms. The summed E-state index contributed by atoms with van der Waals surface area (Å²) < 4.78 is -0.418. The lowest BCUT2D eigenvalue weighted by molar-refractivity contribution is -0.153. The summed E-state index contributed by atoms with van der Waals surface area (Å²) in [6, 6.07) is 0. The van der Waals surface area contributed by atoms with Gasteiger partial charge in [0.15, 0.2) is 0 Å². The molecule has 0 aliphatic rings. The first-order valence-corrected chi connectivity index (χ1v) is 33.9. The summed E-state index contributed by atoms with van der Waals surface area (Å²) in [5.74, 6) is -0.792. The molecule has 2 N–H and O–H groups in total. The van der Waals surface area contributed by atoms with E-state index >= 15 is 0 Å². The van der Waals surface area contributed by atoms with Crippen molar-refractivity contribution in [3.63, 3.8) is 0 Å². The Morgan fingerprint density at radius 2 is 0.465 bits per heavy atom. The van der Waals surface area contributed by atoms with Gasteiger partial charge in [-0.3, -0.25) is 9.59 Å². The largest absolute Gasteiger partial charge is 0.481 e. The van der Waals surface area contributed by atoms with Gasteiger partial charge in [-0.1, -0.05) is 362 Å². The van der Waals surface area contributed by atoms with E-state index in [1.165, 1.54) is 295 Å². The number of hydrogen-bond donors (Lipinski definition) is 2. The molecular weight excluding hydrogens is 889 g/mol. The SMILES string of the molecule is CCCCCCCCCCCCCCCCCCC(CCCCCCCCCCCCCCCCCC)(SCCC(=O)O)C(CCCCCCCCCCCC)(CCCCCCCCCCCC)C(=O)O. The van der Waals surface area contributed by atoms with E-state index in [4.69, 9.17) is 0 Å². The van der Waals surface area contributed by atoms with Gasteiger partial charge < -0.3 is 10.2 Å². The maximum Gasteiger partial charge on any atom is 0.311 e. The molecule has 0 fully saturated rings. The Bertz CT molecular complexity index is 1020. The number of hydrogen-bond acceptors (Lipinski definition) is 3. The summed E-state index contributed by atoms with van der Waals surface area (Å²) in [4.78, 5) is 26.5. The van der Waals surface area contributed by atoms with Crippen molar-refractivity contribution < 1.29 is 19.8 Å². The molecule has 0 aliphatic heterocycles. The second kappa shape index (κ2) is 55.5. The fraction of sp³-hybridized carbons (Fsp3) is 0.970. The van der Waals surface area contributed by atoms with Gasteiger partial charge in [0.1, 0.15) is 0 Å². The molecule has 0 unspecified atom stereocenters. The highest BCUT2D eigenvalue weighted by atomic mass is 32.2. The lowest BCUT2D eigenvalue weighted by atomic mass is 9.64. The second-order valence-electron chi connectivity index (χ2n) is 23.3. The highest BCUT2D eigenvalue weighted by molar-refractivity contribution is 8.00. The van der Waals surface area contributed by atoms with Gasteiger partial charge in [0.25, 0.3) is 0 Å². The molecule has 0 atom stereocenters. The van der Waals surface area contributed by atoms with Crippen LogP contribution in [0.3, 0.4) is 0 Å². The molecule has 0 aromatic carbocycles. The maximum atomic E-state index is 14.4. The van der Waals surface area contributed by atoms with Crippen molar-refractivity contribution in [1.82, 2.24) is 0 Å². The zero-order valence-corrected chi connectivity index (χ0v) is 49.9. The van der Waals surface area contributed by atoms with Crippen molar-refractivity contribution in [2.75, 3.05) is 5.75 Å². The van der Waals surface area contributed by atoms with Gasteiger partial charge in [-0.2, -0.15) is 11.8 Å². The van der Waals surface area contributed by atoms with Crippen LogP contribution in [0, 0.1) is 5.41 Å². The molecule has 0 amide bonds. The van der Waals surface area contributed by atoms with Crippen LogP contribution in [0.15, 0.2) is 0 Å². The van der Waals surface area contributed by atoms with Crippen molar-refractivity contribution in [2.24, 2.45) is 5.41 Å². The first-order valence-electron chi connectivity index (χ1n) is 32.9. The molecular formula is C66H130O4S. The predicted molar refractivity (Wildman–Crippen MR) is 319 cm³/mol. The number of rotatable bonds is 62. The van der Waals surface area contributed by atoms with Crippen LogP contribution in [0.5, 0.6) is 0 Å². The maximum absolute atomic E-state index is 14.4. The van der Waals surface area contributed by atoms with E-state index in [9.17, 15) is 19.8 Å². The molecule has 0 saturated carbocycles. The average molecular weight is 1020 g/mol. The molecule has 0 aliphatic carbocycles. The van der Waals surface area contributed by atoms with Crippen LogP contribution >= 0.6 is 11.8 Å². The Labute approximate surface area is 450 Å². The molecule has 0 bridgehead atoms. The third kappa shape index (κ3) is 43.1. The van der Waals surface area contributed by atoms with Crippen molar-refractivity contribution in [2.45, 2.75) is 398 Å². The Hall–Kier alpha value is -0.710. The van der Waals surface area contributed by atoms with E-state index in [1.807, 2.05) is 11.8 Å². The van der Waals surface area contributed by atoms with Crippen molar-refractivity contribution in [3.8, 4) is 0 Å². The normalized spacial score (nSPS) is 12.1. The number of thioether (sulfide) groups is 1. The minimum atomic E-state index is -0.804. The molecule has 424 valence electrons.